The summed E-state index contributed by atoms with van der Waals surface area (Å²) in [6, 6.07) is 7.96. The zero-order valence-electron chi connectivity index (χ0n) is 9.71. The first-order valence-corrected chi connectivity index (χ1v) is 6.54. The summed E-state index contributed by atoms with van der Waals surface area (Å²) in [6.07, 6.45) is 5.24. The molecule has 2 N–H and O–H groups in total. The summed E-state index contributed by atoms with van der Waals surface area (Å²) in [5.74, 6) is 0. The standard InChI is InChI=1S/C13H12N4S/c14-10-4-1-9(2-5-10)3-6-11-17-12-13(18-11)16-8-7-15-12/h1-2,4-5,7-8H,3,6,14H2. The number of anilines is 1. The molecule has 5 heteroatoms. The van der Waals surface area contributed by atoms with Gasteiger partial charge in [0.05, 0.1) is 5.01 Å². The second-order valence-corrected chi connectivity index (χ2v) is 5.10. The molecule has 0 spiro atoms. The molecule has 0 amide bonds. The summed E-state index contributed by atoms with van der Waals surface area (Å²) in [4.78, 5) is 13.8. The van der Waals surface area contributed by atoms with E-state index in [0.717, 1.165) is 34.0 Å². The summed E-state index contributed by atoms with van der Waals surface area (Å²) >= 11 is 1.61. The summed E-state index contributed by atoms with van der Waals surface area (Å²) in [5.41, 5.74) is 8.47. The van der Waals surface area contributed by atoms with Crippen LogP contribution in [0.5, 0.6) is 0 Å². The monoisotopic (exact) mass is 256 g/mol. The van der Waals surface area contributed by atoms with E-state index in [1.54, 1.807) is 23.7 Å². The first-order valence-electron chi connectivity index (χ1n) is 5.72. The smallest absolute Gasteiger partial charge is 0.189 e. The first kappa shape index (κ1) is 11.1. The number of aromatic nitrogens is 3. The Bertz CT molecular complexity index is 627. The lowest BCUT2D eigenvalue weighted by Gasteiger charge is -1.99. The number of nitrogens with two attached hydrogens (primary N) is 1. The van der Waals surface area contributed by atoms with Gasteiger partial charge in [0.25, 0.3) is 0 Å². The van der Waals surface area contributed by atoms with E-state index in [-0.39, 0.29) is 0 Å². The van der Waals surface area contributed by atoms with E-state index in [2.05, 4.69) is 27.1 Å². The molecule has 0 unspecified atom stereocenters. The Balaban J connectivity index is 1.74. The van der Waals surface area contributed by atoms with Crippen LogP contribution in [0.2, 0.25) is 0 Å². The quantitative estimate of drug-likeness (QED) is 0.731. The van der Waals surface area contributed by atoms with Crippen LogP contribution in [0.3, 0.4) is 0 Å². The van der Waals surface area contributed by atoms with Gasteiger partial charge in [-0.2, -0.15) is 0 Å². The highest BCUT2D eigenvalue weighted by atomic mass is 32.1. The van der Waals surface area contributed by atoms with Gasteiger partial charge in [-0.25, -0.2) is 15.0 Å². The van der Waals surface area contributed by atoms with Gasteiger partial charge < -0.3 is 5.73 Å². The fourth-order valence-corrected chi connectivity index (χ4v) is 2.62. The highest BCUT2D eigenvalue weighted by Crippen LogP contribution is 2.19. The third-order valence-corrected chi connectivity index (χ3v) is 3.71. The van der Waals surface area contributed by atoms with Gasteiger partial charge in [-0.15, -0.1) is 0 Å². The number of thiazole rings is 1. The molecule has 0 atom stereocenters. The average molecular weight is 256 g/mol. The molecule has 18 heavy (non-hydrogen) atoms. The summed E-state index contributed by atoms with van der Waals surface area (Å²) in [5, 5.41) is 1.08. The molecule has 0 radical (unpaired) electrons. The van der Waals surface area contributed by atoms with Crippen LogP contribution in [-0.2, 0) is 12.8 Å². The number of fused-ring (bicyclic) bond motifs is 1. The van der Waals surface area contributed by atoms with Crippen LogP contribution in [0.25, 0.3) is 10.5 Å². The average Bonchev–Trinajstić information content (AvgIpc) is 2.81. The maximum Gasteiger partial charge on any atom is 0.189 e. The van der Waals surface area contributed by atoms with Crippen LogP contribution >= 0.6 is 11.3 Å². The number of rotatable bonds is 3. The molecule has 3 rings (SSSR count). The maximum atomic E-state index is 5.66. The Kier molecular flexibility index (Phi) is 2.90. The molecule has 0 bridgehead atoms. The zero-order chi connectivity index (χ0) is 12.4. The van der Waals surface area contributed by atoms with Gasteiger partial charge in [-0.1, -0.05) is 23.5 Å². The van der Waals surface area contributed by atoms with E-state index in [1.165, 1.54) is 5.56 Å². The lowest BCUT2D eigenvalue weighted by Crippen LogP contribution is -1.91. The molecule has 0 aliphatic heterocycles. The van der Waals surface area contributed by atoms with Crippen LogP contribution in [0, 0.1) is 0 Å². The topological polar surface area (TPSA) is 64.7 Å². The van der Waals surface area contributed by atoms with E-state index >= 15 is 0 Å². The van der Waals surface area contributed by atoms with Crippen molar-refractivity contribution >= 4 is 27.5 Å². The number of hydrogen-bond donors (Lipinski definition) is 1. The highest BCUT2D eigenvalue weighted by Gasteiger charge is 2.05. The van der Waals surface area contributed by atoms with Crippen LogP contribution in [0.4, 0.5) is 5.69 Å². The minimum absolute atomic E-state index is 0.745. The van der Waals surface area contributed by atoms with Crippen LogP contribution in [0.15, 0.2) is 36.7 Å². The van der Waals surface area contributed by atoms with Crippen molar-refractivity contribution in [2.75, 3.05) is 5.73 Å². The van der Waals surface area contributed by atoms with E-state index < -0.39 is 0 Å². The number of hydrogen-bond acceptors (Lipinski definition) is 5. The minimum atomic E-state index is 0.745. The molecule has 0 fully saturated rings. The predicted octanol–water partition coefficient (Wildman–Crippen LogP) is 2.45. The van der Waals surface area contributed by atoms with Gasteiger partial charge >= 0.3 is 0 Å². The van der Waals surface area contributed by atoms with Crippen molar-refractivity contribution in [3.63, 3.8) is 0 Å². The van der Waals surface area contributed by atoms with Crippen molar-refractivity contribution < 1.29 is 0 Å². The fourth-order valence-electron chi connectivity index (χ4n) is 1.76. The van der Waals surface area contributed by atoms with Gasteiger partial charge in [0.2, 0.25) is 0 Å². The molecule has 3 aromatic rings. The van der Waals surface area contributed by atoms with Crippen molar-refractivity contribution in [3.05, 3.63) is 47.2 Å². The molecule has 4 nitrogen and oxygen atoms in total. The van der Waals surface area contributed by atoms with Crippen LogP contribution in [0.1, 0.15) is 10.6 Å². The molecule has 0 aliphatic rings. The lowest BCUT2D eigenvalue weighted by molar-refractivity contribution is 0.947. The summed E-state index contributed by atoms with van der Waals surface area (Å²) < 4.78 is 0. The number of aryl methyl sites for hydroxylation is 2. The first-order chi connectivity index (χ1) is 8.81. The van der Waals surface area contributed by atoms with Crippen molar-refractivity contribution in [2.24, 2.45) is 0 Å². The minimum Gasteiger partial charge on any atom is -0.399 e. The molecule has 1 aromatic carbocycles. The molecule has 0 aliphatic carbocycles. The lowest BCUT2D eigenvalue weighted by atomic mass is 10.1. The molecule has 2 heterocycles. The van der Waals surface area contributed by atoms with Crippen molar-refractivity contribution in [1.82, 2.24) is 15.0 Å². The molecular formula is C13H12N4S. The Morgan fingerprint density at radius 1 is 1.00 bits per heavy atom. The normalized spacial score (nSPS) is 10.9. The number of nitrogens with zero attached hydrogens (tertiary/aromatic N) is 3. The van der Waals surface area contributed by atoms with Gasteiger partial charge in [-0.3, -0.25) is 0 Å². The zero-order valence-corrected chi connectivity index (χ0v) is 10.5. The number of nitrogen functional groups attached to an aromatic ring is 1. The van der Waals surface area contributed by atoms with E-state index in [1.807, 2.05) is 12.1 Å². The van der Waals surface area contributed by atoms with Gasteiger partial charge in [-0.05, 0) is 24.1 Å². The predicted molar refractivity (Wildman–Crippen MR) is 73.5 cm³/mol. The van der Waals surface area contributed by atoms with Crippen molar-refractivity contribution in [2.45, 2.75) is 12.8 Å². The largest absolute Gasteiger partial charge is 0.399 e. The van der Waals surface area contributed by atoms with Gasteiger partial charge in [0, 0.05) is 24.5 Å². The SMILES string of the molecule is Nc1ccc(CCc2nc3nccnc3s2)cc1. The third-order valence-electron chi connectivity index (χ3n) is 2.70. The Morgan fingerprint density at radius 2 is 1.78 bits per heavy atom. The maximum absolute atomic E-state index is 5.66. The van der Waals surface area contributed by atoms with Crippen molar-refractivity contribution in [3.8, 4) is 0 Å². The van der Waals surface area contributed by atoms with Crippen molar-refractivity contribution in [1.29, 1.82) is 0 Å². The second kappa shape index (κ2) is 4.70. The molecule has 0 saturated carbocycles. The Hall–Kier alpha value is -2.01. The Morgan fingerprint density at radius 3 is 2.56 bits per heavy atom. The summed E-state index contributed by atoms with van der Waals surface area (Å²) in [6.45, 7) is 0. The number of benzene rings is 1. The molecule has 2 aromatic heterocycles. The second-order valence-electron chi connectivity index (χ2n) is 4.03. The highest BCUT2D eigenvalue weighted by molar-refractivity contribution is 7.18. The van der Waals surface area contributed by atoms with E-state index in [0.29, 0.717) is 0 Å². The van der Waals surface area contributed by atoms with E-state index in [9.17, 15) is 0 Å². The fraction of sp³-hybridized carbons (Fsp3) is 0.154. The Labute approximate surface area is 109 Å². The molecular weight excluding hydrogens is 244 g/mol. The summed E-state index contributed by atoms with van der Waals surface area (Å²) in [7, 11) is 0. The molecule has 90 valence electrons. The third kappa shape index (κ3) is 2.31. The van der Waals surface area contributed by atoms with Crippen LogP contribution in [-0.4, -0.2) is 15.0 Å². The van der Waals surface area contributed by atoms with Crippen LogP contribution < -0.4 is 5.73 Å². The van der Waals surface area contributed by atoms with E-state index in [4.69, 9.17) is 5.73 Å². The van der Waals surface area contributed by atoms with Gasteiger partial charge in [0.15, 0.2) is 10.5 Å². The molecule has 0 saturated heterocycles. The van der Waals surface area contributed by atoms with Gasteiger partial charge in [0.1, 0.15) is 0 Å².